The van der Waals surface area contributed by atoms with E-state index < -0.39 is 6.04 Å². The van der Waals surface area contributed by atoms with Gasteiger partial charge in [0.25, 0.3) is 0 Å². The number of hydrogen-bond acceptors (Lipinski definition) is 4. The molecule has 1 atom stereocenters. The van der Waals surface area contributed by atoms with Gasteiger partial charge in [0.2, 0.25) is 0 Å². The van der Waals surface area contributed by atoms with E-state index in [0.717, 1.165) is 5.69 Å². The predicted molar refractivity (Wildman–Crippen MR) is 66.7 cm³/mol. The maximum absolute atomic E-state index is 11.4. The summed E-state index contributed by atoms with van der Waals surface area (Å²) in [6, 6.07) is 11.4. The molecule has 0 aliphatic heterocycles. The summed E-state index contributed by atoms with van der Waals surface area (Å²) in [5.74, 6) is -0.328. The average molecular weight is 232 g/mol. The second kappa shape index (κ2) is 7.36. The van der Waals surface area contributed by atoms with Crippen molar-refractivity contribution in [3.63, 3.8) is 0 Å². The van der Waals surface area contributed by atoms with E-state index in [4.69, 9.17) is 4.74 Å². The van der Waals surface area contributed by atoms with Gasteiger partial charge in [-0.1, -0.05) is 25.1 Å². The Kier molecular flexibility index (Phi) is 5.69. The fourth-order valence-electron chi connectivity index (χ4n) is 1.21. The van der Waals surface area contributed by atoms with Crippen LogP contribution in [0.15, 0.2) is 40.3 Å². The lowest BCUT2D eigenvalue weighted by atomic mass is 10.2. The van der Waals surface area contributed by atoms with Crippen LogP contribution in [-0.2, 0) is 9.53 Å². The van der Waals surface area contributed by atoms with Gasteiger partial charge in [0.15, 0.2) is 6.04 Å². The summed E-state index contributed by atoms with van der Waals surface area (Å²) in [6.45, 7) is 4.00. The molecule has 1 aromatic carbocycles. The first-order chi connectivity index (χ1) is 8.27. The molecule has 0 bridgehead atoms. The van der Waals surface area contributed by atoms with Crippen LogP contribution in [0.5, 0.6) is 0 Å². The number of nitrogens with zero attached hydrogens (tertiary/aromatic N) is 2. The first-order valence-corrected chi connectivity index (χ1v) is 5.65. The molecule has 0 aliphatic carbocycles. The molecule has 17 heavy (non-hydrogen) atoms. The Morgan fingerprint density at radius 1 is 1.35 bits per heavy atom. The lowest BCUT2D eigenvalue weighted by Crippen LogP contribution is -2.20. The molecule has 0 aromatic heterocycles. The summed E-state index contributed by atoms with van der Waals surface area (Å²) in [5, 5.41) is 0. The molecule has 1 unspecified atom stereocenters. The van der Waals surface area contributed by atoms with Gasteiger partial charge in [-0.15, -0.1) is 0 Å². The van der Waals surface area contributed by atoms with Crippen molar-refractivity contribution in [2.45, 2.75) is 26.3 Å². The molecular formula is C13H16N2O2. The number of hydrogen-bond donors (Lipinski definition) is 0. The van der Waals surface area contributed by atoms with Crippen molar-refractivity contribution in [3.8, 4) is 0 Å². The van der Waals surface area contributed by atoms with Crippen LogP contribution in [0.4, 0.5) is 5.69 Å². The lowest BCUT2D eigenvalue weighted by molar-refractivity contribution is -0.144. The Labute approximate surface area is 101 Å². The maximum Gasteiger partial charge on any atom is 0.331 e. The van der Waals surface area contributed by atoms with Crippen molar-refractivity contribution in [1.82, 2.24) is 0 Å². The molecule has 0 saturated heterocycles. The van der Waals surface area contributed by atoms with Crippen LogP contribution in [0.25, 0.3) is 0 Å². The molecule has 0 amide bonds. The predicted octanol–water partition coefficient (Wildman–Crippen LogP) is 2.83. The number of carbonyl (C=O) groups is 1. The van der Waals surface area contributed by atoms with Crippen LogP contribution in [-0.4, -0.2) is 24.6 Å². The van der Waals surface area contributed by atoms with Gasteiger partial charge in [-0.2, -0.15) is 4.99 Å². The van der Waals surface area contributed by atoms with Crippen molar-refractivity contribution in [3.05, 3.63) is 30.3 Å². The maximum atomic E-state index is 11.4. The van der Waals surface area contributed by atoms with Gasteiger partial charge in [-0.3, -0.25) is 0 Å². The number of esters is 1. The number of aliphatic imine (C=N–C) groups is 2. The van der Waals surface area contributed by atoms with Gasteiger partial charge in [0, 0.05) is 0 Å². The van der Waals surface area contributed by atoms with Gasteiger partial charge in [0.1, 0.15) is 0 Å². The summed E-state index contributed by atoms with van der Waals surface area (Å²) in [5.41, 5.74) is 0.759. The number of ether oxygens (including phenoxy) is 1. The van der Waals surface area contributed by atoms with Crippen molar-refractivity contribution >= 4 is 17.7 Å². The average Bonchev–Trinajstić information content (AvgIpc) is 2.36. The summed E-state index contributed by atoms with van der Waals surface area (Å²) in [7, 11) is 0. The second-order valence-electron chi connectivity index (χ2n) is 3.35. The highest BCUT2D eigenvalue weighted by Gasteiger charge is 2.15. The third-order valence-corrected chi connectivity index (χ3v) is 2.09. The van der Waals surface area contributed by atoms with Crippen LogP contribution >= 0.6 is 0 Å². The van der Waals surface area contributed by atoms with Gasteiger partial charge in [-0.05, 0) is 25.5 Å². The SMILES string of the molecule is CCOC(=O)C(CC)N=C=Nc1ccccc1. The molecule has 0 radical (unpaired) electrons. The second-order valence-corrected chi connectivity index (χ2v) is 3.35. The van der Waals surface area contributed by atoms with E-state index in [2.05, 4.69) is 16.0 Å². The molecule has 4 heteroatoms. The zero-order valence-electron chi connectivity index (χ0n) is 10.1. The normalized spacial score (nSPS) is 11.2. The number of carbonyl (C=O) groups excluding carboxylic acids is 1. The zero-order chi connectivity index (χ0) is 12.5. The molecule has 0 saturated carbocycles. The van der Waals surface area contributed by atoms with Crippen LogP contribution in [0, 0.1) is 0 Å². The highest BCUT2D eigenvalue weighted by Crippen LogP contribution is 2.08. The van der Waals surface area contributed by atoms with E-state index in [1.807, 2.05) is 37.3 Å². The minimum absolute atomic E-state index is 0.328. The fraction of sp³-hybridized carbons (Fsp3) is 0.385. The van der Waals surface area contributed by atoms with Gasteiger partial charge in [0.05, 0.1) is 18.3 Å². The molecule has 1 aromatic rings. The van der Waals surface area contributed by atoms with Crippen molar-refractivity contribution in [1.29, 1.82) is 0 Å². The smallest absolute Gasteiger partial charge is 0.331 e. The fourth-order valence-corrected chi connectivity index (χ4v) is 1.21. The Balaban J connectivity index is 2.68. The first-order valence-electron chi connectivity index (χ1n) is 5.65. The third-order valence-electron chi connectivity index (χ3n) is 2.09. The Hall–Kier alpha value is -1.93. The highest BCUT2D eigenvalue weighted by molar-refractivity contribution is 5.77. The van der Waals surface area contributed by atoms with Crippen molar-refractivity contribution in [2.75, 3.05) is 6.61 Å². The summed E-state index contributed by atoms with van der Waals surface area (Å²) >= 11 is 0. The molecule has 0 aliphatic rings. The van der Waals surface area contributed by atoms with Gasteiger partial charge in [-0.25, -0.2) is 9.79 Å². The van der Waals surface area contributed by atoms with E-state index in [1.54, 1.807) is 6.92 Å². The van der Waals surface area contributed by atoms with E-state index >= 15 is 0 Å². The summed E-state index contributed by atoms with van der Waals surface area (Å²) < 4.78 is 4.88. The largest absolute Gasteiger partial charge is 0.464 e. The van der Waals surface area contributed by atoms with Crippen LogP contribution < -0.4 is 0 Å². The zero-order valence-corrected chi connectivity index (χ0v) is 10.1. The summed E-state index contributed by atoms with van der Waals surface area (Å²) in [6.07, 6.45) is 0.580. The van der Waals surface area contributed by atoms with E-state index in [1.165, 1.54) is 0 Å². The number of para-hydroxylation sites is 1. The van der Waals surface area contributed by atoms with Crippen LogP contribution in [0.3, 0.4) is 0 Å². The summed E-state index contributed by atoms with van der Waals surface area (Å²) in [4.78, 5) is 19.4. The van der Waals surface area contributed by atoms with E-state index in [-0.39, 0.29) is 5.97 Å². The van der Waals surface area contributed by atoms with Crippen LogP contribution in [0.2, 0.25) is 0 Å². The highest BCUT2D eigenvalue weighted by atomic mass is 16.5. The molecule has 4 nitrogen and oxygen atoms in total. The Bertz CT molecular complexity index is 409. The van der Waals surface area contributed by atoms with E-state index in [0.29, 0.717) is 13.0 Å². The van der Waals surface area contributed by atoms with E-state index in [9.17, 15) is 4.79 Å². The molecule has 0 N–H and O–H groups in total. The first kappa shape index (κ1) is 13.1. The van der Waals surface area contributed by atoms with Crippen molar-refractivity contribution in [2.24, 2.45) is 9.98 Å². The van der Waals surface area contributed by atoms with Gasteiger partial charge < -0.3 is 4.74 Å². The minimum Gasteiger partial charge on any atom is -0.464 e. The number of benzene rings is 1. The molecule has 0 heterocycles. The van der Waals surface area contributed by atoms with Crippen molar-refractivity contribution < 1.29 is 9.53 Å². The standard InChI is InChI=1S/C13H16N2O2/c1-3-12(13(16)17-4-2)15-10-14-11-8-6-5-7-9-11/h5-9,12H,3-4H2,1-2H3. The molecule has 1 rings (SSSR count). The number of rotatable bonds is 5. The topological polar surface area (TPSA) is 51.0 Å². The van der Waals surface area contributed by atoms with Crippen LogP contribution in [0.1, 0.15) is 20.3 Å². The molecular weight excluding hydrogens is 216 g/mol. The van der Waals surface area contributed by atoms with Gasteiger partial charge >= 0.3 is 5.97 Å². The monoisotopic (exact) mass is 232 g/mol. The molecule has 0 fully saturated rings. The Morgan fingerprint density at radius 3 is 2.65 bits per heavy atom. The lowest BCUT2D eigenvalue weighted by Gasteiger charge is -2.05. The molecule has 90 valence electrons. The molecule has 0 spiro atoms. The quantitative estimate of drug-likeness (QED) is 0.579. The third kappa shape index (κ3) is 4.62. The minimum atomic E-state index is -0.512. The Morgan fingerprint density at radius 2 is 2.06 bits per heavy atom.